The molecule has 0 saturated carbocycles. The van der Waals surface area contributed by atoms with Crippen molar-refractivity contribution in [3.8, 4) is 0 Å². The molecule has 0 radical (unpaired) electrons. The molecule has 2 aliphatic heterocycles. The molecule has 2 aromatic heterocycles. The minimum absolute atomic E-state index is 0.245. The number of nitrogens with two attached hydrogens (primary N) is 1. The third-order valence-electron chi connectivity index (χ3n) is 5.98. The first-order chi connectivity index (χ1) is 16.1. The van der Waals surface area contributed by atoms with Gasteiger partial charge in [-0.05, 0) is 88.9 Å². The van der Waals surface area contributed by atoms with Crippen LogP contribution in [0.2, 0.25) is 0 Å². The largest absolute Gasteiger partial charge is 0.380 e. The Kier molecular flexibility index (Phi) is 10.8. The van der Waals surface area contributed by atoms with Gasteiger partial charge in [0.15, 0.2) is 0 Å². The summed E-state index contributed by atoms with van der Waals surface area (Å²) in [4.78, 5) is 23.1. The number of aryl methyl sites for hydroxylation is 1. The standard InChI is InChI=1S/C20H30N6O2.C4H9N/c1-28-15-16-4-5-18(22-14-16)23-19-8-13-26(20(27)24-19)10-3-2-9-25-11-6-17(21)7-12-25;1-2-4-5-3-1/h4-5,8,13-14,17H,2-3,6-7,9-12,15,21H2,1H3,(H,22,23,24,27);5H,1-4H2. The zero-order chi connectivity index (χ0) is 23.3. The molecule has 2 aromatic rings. The number of methoxy groups -OCH3 is 1. The van der Waals surface area contributed by atoms with E-state index in [0.717, 1.165) is 50.9 Å². The van der Waals surface area contributed by atoms with E-state index in [1.54, 1.807) is 30.1 Å². The third-order valence-corrected chi connectivity index (χ3v) is 5.98. The van der Waals surface area contributed by atoms with Gasteiger partial charge in [0.2, 0.25) is 0 Å². The lowest BCUT2D eigenvalue weighted by atomic mass is 10.1. The van der Waals surface area contributed by atoms with Crippen LogP contribution < -0.4 is 22.1 Å². The first-order valence-electron chi connectivity index (χ1n) is 12.1. The van der Waals surface area contributed by atoms with Crippen LogP contribution in [0.5, 0.6) is 0 Å². The number of anilines is 2. The van der Waals surface area contributed by atoms with Crippen molar-refractivity contribution in [2.45, 2.75) is 57.7 Å². The monoisotopic (exact) mass is 457 g/mol. The van der Waals surface area contributed by atoms with E-state index in [1.165, 1.54) is 25.9 Å². The molecular formula is C24H39N7O2. The van der Waals surface area contributed by atoms with Crippen LogP contribution in [0.15, 0.2) is 35.4 Å². The molecule has 0 spiro atoms. The molecule has 4 N–H and O–H groups in total. The molecule has 2 aliphatic rings. The van der Waals surface area contributed by atoms with E-state index in [1.807, 2.05) is 12.1 Å². The summed E-state index contributed by atoms with van der Waals surface area (Å²) in [5.74, 6) is 1.14. The van der Waals surface area contributed by atoms with Crippen molar-refractivity contribution in [1.82, 2.24) is 24.8 Å². The molecule has 9 nitrogen and oxygen atoms in total. The fourth-order valence-electron chi connectivity index (χ4n) is 3.97. The second-order valence-electron chi connectivity index (χ2n) is 8.74. The number of rotatable bonds is 9. The van der Waals surface area contributed by atoms with Crippen LogP contribution in [-0.4, -0.2) is 65.3 Å². The summed E-state index contributed by atoms with van der Waals surface area (Å²) in [6.45, 7) is 6.95. The molecule has 0 amide bonds. The van der Waals surface area contributed by atoms with Gasteiger partial charge in [-0.2, -0.15) is 4.98 Å². The fraction of sp³-hybridized carbons (Fsp3) is 0.625. The number of hydrogen-bond donors (Lipinski definition) is 3. The molecule has 0 unspecified atom stereocenters. The van der Waals surface area contributed by atoms with Gasteiger partial charge in [0.25, 0.3) is 0 Å². The first kappa shape index (κ1) is 25.3. The normalized spacial score (nSPS) is 16.9. The molecular weight excluding hydrogens is 418 g/mol. The van der Waals surface area contributed by atoms with Crippen molar-refractivity contribution in [2.75, 3.05) is 45.2 Å². The minimum atomic E-state index is -0.245. The van der Waals surface area contributed by atoms with Crippen molar-refractivity contribution in [1.29, 1.82) is 0 Å². The number of nitrogens with zero attached hydrogens (tertiary/aromatic N) is 4. The lowest BCUT2D eigenvalue weighted by Gasteiger charge is -2.29. The van der Waals surface area contributed by atoms with Crippen LogP contribution in [0.3, 0.4) is 0 Å². The average molecular weight is 458 g/mol. The molecule has 0 aliphatic carbocycles. The summed E-state index contributed by atoms with van der Waals surface area (Å²) in [5, 5.41) is 6.28. The second kappa shape index (κ2) is 14.0. The van der Waals surface area contributed by atoms with Crippen molar-refractivity contribution >= 4 is 11.6 Å². The highest BCUT2D eigenvalue weighted by molar-refractivity contribution is 5.50. The zero-order valence-electron chi connectivity index (χ0n) is 19.8. The van der Waals surface area contributed by atoms with Crippen molar-refractivity contribution < 1.29 is 4.74 Å². The number of likely N-dealkylation sites (tertiary alicyclic amines) is 1. The Hall–Kier alpha value is -2.33. The van der Waals surface area contributed by atoms with Gasteiger partial charge in [-0.3, -0.25) is 4.57 Å². The number of hydrogen-bond acceptors (Lipinski definition) is 8. The molecule has 4 heterocycles. The quantitative estimate of drug-likeness (QED) is 0.491. The lowest BCUT2D eigenvalue weighted by molar-refractivity contribution is 0.184. The zero-order valence-corrected chi connectivity index (χ0v) is 19.8. The van der Waals surface area contributed by atoms with E-state index in [2.05, 4.69) is 25.5 Å². The van der Waals surface area contributed by atoms with Crippen molar-refractivity contribution in [3.63, 3.8) is 0 Å². The van der Waals surface area contributed by atoms with E-state index in [9.17, 15) is 4.79 Å². The second-order valence-corrected chi connectivity index (χ2v) is 8.74. The van der Waals surface area contributed by atoms with Gasteiger partial charge in [-0.25, -0.2) is 9.78 Å². The topological polar surface area (TPSA) is 110 Å². The van der Waals surface area contributed by atoms with Crippen LogP contribution in [0.4, 0.5) is 11.6 Å². The molecule has 2 fully saturated rings. The average Bonchev–Trinajstić information content (AvgIpc) is 3.41. The van der Waals surface area contributed by atoms with Crippen LogP contribution in [0, 0.1) is 0 Å². The van der Waals surface area contributed by atoms with E-state index in [0.29, 0.717) is 30.8 Å². The van der Waals surface area contributed by atoms with Crippen molar-refractivity contribution in [3.05, 3.63) is 46.6 Å². The summed E-state index contributed by atoms with van der Waals surface area (Å²) < 4.78 is 6.73. The highest BCUT2D eigenvalue weighted by Crippen LogP contribution is 2.12. The number of piperidine rings is 1. The molecule has 4 rings (SSSR count). The summed E-state index contributed by atoms with van der Waals surface area (Å²) in [7, 11) is 1.65. The Morgan fingerprint density at radius 2 is 1.88 bits per heavy atom. The highest BCUT2D eigenvalue weighted by Gasteiger charge is 2.15. The molecule has 182 valence electrons. The van der Waals surface area contributed by atoms with Gasteiger partial charge in [0.1, 0.15) is 11.6 Å². The van der Waals surface area contributed by atoms with Crippen LogP contribution in [0.25, 0.3) is 0 Å². The number of nitrogens with one attached hydrogen (secondary N) is 2. The number of ether oxygens (including phenoxy) is 1. The van der Waals surface area contributed by atoms with E-state index in [-0.39, 0.29) is 5.69 Å². The summed E-state index contributed by atoms with van der Waals surface area (Å²) in [5.41, 5.74) is 6.68. The van der Waals surface area contributed by atoms with Crippen LogP contribution in [0.1, 0.15) is 44.1 Å². The molecule has 33 heavy (non-hydrogen) atoms. The number of pyridine rings is 1. The van der Waals surface area contributed by atoms with E-state index >= 15 is 0 Å². The molecule has 0 bridgehead atoms. The minimum Gasteiger partial charge on any atom is -0.380 e. The molecule has 9 heteroatoms. The number of aromatic nitrogens is 3. The maximum Gasteiger partial charge on any atom is 0.349 e. The predicted molar refractivity (Wildman–Crippen MR) is 132 cm³/mol. The third kappa shape index (κ3) is 9.21. The van der Waals surface area contributed by atoms with Crippen LogP contribution >= 0.6 is 0 Å². The van der Waals surface area contributed by atoms with Gasteiger partial charge in [0.05, 0.1) is 6.61 Å². The molecule has 2 saturated heterocycles. The smallest absolute Gasteiger partial charge is 0.349 e. The van der Waals surface area contributed by atoms with Gasteiger partial charge >= 0.3 is 5.69 Å². The van der Waals surface area contributed by atoms with Gasteiger partial charge in [-0.15, -0.1) is 0 Å². The Labute approximate surface area is 196 Å². The summed E-state index contributed by atoms with van der Waals surface area (Å²) >= 11 is 0. The van der Waals surface area contributed by atoms with Gasteiger partial charge in [-0.1, -0.05) is 6.07 Å². The fourth-order valence-corrected chi connectivity index (χ4v) is 3.97. The maximum absolute atomic E-state index is 12.3. The first-order valence-corrected chi connectivity index (χ1v) is 12.1. The van der Waals surface area contributed by atoms with Gasteiger partial charge in [0, 0.05) is 32.1 Å². The van der Waals surface area contributed by atoms with E-state index < -0.39 is 0 Å². The van der Waals surface area contributed by atoms with E-state index in [4.69, 9.17) is 10.5 Å². The Morgan fingerprint density at radius 3 is 2.48 bits per heavy atom. The highest BCUT2D eigenvalue weighted by atomic mass is 16.5. The predicted octanol–water partition coefficient (Wildman–Crippen LogP) is 2.10. The lowest BCUT2D eigenvalue weighted by Crippen LogP contribution is -2.40. The van der Waals surface area contributed by atoms with Crippen LogP contribution in [-0.2, 0) is 17.9 Å². The summed E-state index contributed by atoms with van der Waals surface area (Å²) in [6, 6.07) is 5.94. The summed E-state index contributed by atoms with van der Waals surface area (Å²) in [6.07, 6.45) is 10.5. The van der Waals surface area contributed by atoms with Gasteiger partial charge < -0.3 is 26.0 Å². The Morgan fingerprint density at radius 1 is 1.12 bits per heavy atom. The molecule has 0 aromatic carbocycles. The van der Waals surface area contributed by atoms with Crippen molar-refractivity contribution in [2.24, 2.45) is 5.73 Å². The Balaban J connectivity index is 0.000000541. The number of unbranched alkanes of at least 4 members (excludes halogenated alkanes) is 1. The molecule has 0 atom stereocenters. The SMILES string of the molecule is C1CCNC1.COCc1ccc(Nc2ccn(CCCCN3CCC(N)CC3)c(=O)n2)nc1. The maximum atomic E-state index is 12.3. The Bertz CT molecular complexity index is 852.